The topological polar surface area (TPSA) is 35.2 Å². The van der Waals surface area contributed by atoms with Crippen LogP contribution in [0, 0.1) is 5.92 Å². The summed E-state index contributed by atoms with van der Waals surface area (Å²) in [6, 6.07) is 0.0867. The van der Waals surface area contributed by atoms with Crippen LogP contribution in [0.1, 0.15) is 44.9 Å². The molecule has 1 saturated carbocycles. The van der Waals surface area contributed by atoms with Crippen LogP contribution in [0.4, 0.5) is 4.39 Å². The summed E-state index contributed by atoms with van der Waals surface area (Å²) in [5.41, 5.74) is 4.88. The molecule has 2 fully saturated rings. The standard InChI is InChI=1S/C12H22FNO/c13-12(5-1-2-11(14)9-12)8-10-3-6-15-7-4-10/h10-11H,1-9,14H2. The Balaban J connectivity index is 1.85. The van der Waals surface area contributed by atoms with E-state index in [2.05, 4.69) is 0 Å². The van der Waals surface area contributed by atoms with E-state index in [-0.39, 0.29) is 6.04 Å². The van der Waals surface area contributed by atoms with E-state index in [0.717, 1.165) is 45.3 Å². The minimum absolute atomic E-state index is 0.0867. The van der Waals surface area contributed by atoms with Gasteiger partial charge in [-0.05, 0) is 50.9 Å². The molecule has 1 heterocycles. The quantitative estimate of drug-likeness (QED) is 0.767. The molecule has 15 heavy (non-hydrogen) atoms. The van der Waals surface area contributed by atoms with Gasteiger partial charge in [-0.2, -0.15) is 0 Å². The van der Waals surface area contributed by atoms with E-state index in [0.29, 0.717) is 18.8 Å². The molecule has 1 aliphatic carbocycles. The molecule has 2 N–H and O–H groups in total. The highest BCUT2D eigenvalue weighted by molar-refractivity contribution is 4.90. The maximum atomic E-state index is 14.5. The van der Waals surface area contributed by atoms with Crippen LogP contribution in [0.15, 0.2) is 0 Å². The molecule has 0 radical (unpaired) electrons. The van der Waals surface area contributed by atoms with Crippen molar-refractivity contribution in [3.63, 3.8) is 0 Å². The molecule has 0 aromatic rings. The van der Waals surface area contributed by atoms with Gasteiger partial charge in [0, 0.05) is 19.3 Å². The first kappa shape index (κ1) is 11.3. The molecule has 0 aromatic carbocycles. The van der Waals surface area contributed by atoms with E-state index in [1.807, 2.05) is 0 Å². The summed E-state index contributed by atoms with van der Waals surface area (Å²) in [5, 5.41) is 0. The van der Waals surface area contributed by atoms with Crippen molar-refractivity contribution >= 4 is 0 Å². The van der Waals surface area contributed by atoms with E-state index in [4.69, 9.17) is 10.5 Å². The maximum Gasteiger partial charge on any atom is 0.112 e. The first-order valence-electron chi connectivity index (χ1n) is 6.20. The molecule has 1 saturated heterocycles. The largest absolute Gasteiger partial charge is 0.381 e. The predicted octanol–water partition coefficient (Wildman–Crippen LogP) is 2.41. The van der Waals surface area contributed by atoms with Crippen molar-refractivity contribution in [3.8, 4) is 0 Å². The Labute approximate surface area is 91.4 Å². The average molecular weight is 215 g/mol. The number of nitrogens with two attached hydrogens (primary N) is 1. The molecule has 88 valence electrons. The molecule has 2 nitrogen and oxygen atoms in total. The van der Waals surface area contributed by atoms with Gasteiger partial charge in [0.2, 0.25) is 0 Å². The fraction of sp³-hybridized carbons (Fsp3) is 1.00. The van der Waals surface area contributed by atoms with Crippen LogP contribution >= 0.6 is 0 Å². The summed E-state index contributed by atoms with van der Waals surface area (Å²) in [5.74, 6) is 0.522. The second kappa shape index (κ2) is 4.79. The SMILES string of the molecule is NC1CCCC(F)(CC2CCOCC2)C1. The van der Waals surface area contributed by atoms with E-state index >= 15 is 0 Å². The lowest BCUT2D eigenvalue weighted by molar-refractivity contribution is 0.0176. The van der Waals surface area contributed by atoms with Gasteiger partial charge in [0.05, 0.1) is 0 Å². The normalized spacial score (nSPS) is 39.2. The minimum atomic E-state index is -0.973. The molecule has 3 heteroatoms. The Morgan fingerprint density at radius 2 is 2.00 bits per heavy atom. The highest BCUT2D eigenvalue weighted by Crippen LogP contribution is 2.38. The first-order chi connectivity index (χ1) is 7.18. The highest BCUT2D eigenvalue weighted by atomic mass is 19.1. The van der Waals surface area contributed by atoms with Gasteiger partial charge in [-0.1, -0.05) is 0 Å². The molecule has 0 aromatic heterocycles. The summed E-state index contributed by atoms with van der Waals surface area (Å²) in [6.45, 7) is 1.62. The number of hydrogen-bond donors (Lipinski definition) is 1. The number of halogens is 1. The summed E-state index contributed by atoms with van der Waals surface area (Å²) >= 11 is 0. The summed E-state index contributed by atoms with van der Waals surface area (Å²) < 4.78 is 19.8. The number of ether oxygens (including phenoxy) is 1. The summed E-state index contributed by atoms with van der Waals surface area (Å²) in [7, 11) is 0. The Hall–Kier alpha value is -0.150. The molecule has 2 aliphatic rings. The van der Waals surface area contributed by atoms with Gasteiger partial charge in [-0.25, -0.2) is 4.39 Å². The molecule has 0 bridgehead atoms. The van der Waals surface area contributed by atoms with E-state index in [9.17, 15) is 4.39 Å². The lowest BCUT2D eigenvalue weighted by atomic mass is 9.76. The Morgan fingerprint density at radius 3 is 2.67 bits per heavy atom. The van der Waals surface area contributed by atoms with Crippen LogP contribution in [0.3, 0.4) is 0 Å². The van der Waals surface area contributed by atoms with Gasteiger partial charge in [0.25, 0.3) is 0 Å². The summed E-state index contributed by atoms with van der Waals surface area (Å²) in [4.78, 5) is 0. The van der Waals surface area contributed by atoms with E-state index in [1.165, 1.54) is 0 Å². The van der Waals surface area contributed by atoms with Gasteiger partial charge in [-0.15, -0.1) is 0 Å². The Kier molecular flexibility index (Phi) is 3.62. The monoisotopic (exact) mass is 215 g/mol. The van der Waals surface area contributed by atoms with Crippen molar-refractivity contribution in [2.45, 2.75) is 56.7 Å². The Bertz CT molecular complexity index is 206. The van der Waals surface area contributed by atoms with E-state index in [1.54, 1.807) is 0 Å². The predicted molar refractivity (Wildman–Crippen MR) is 58.4 cm³/mol. The molecule has 0 amide bonds. The lowest BCUT2D eigenvalue weighted by Crippen LogP contribution is -2.40. The minimum Gasteiger partial charge on any atom is -0.381 e. The average Bonchev–Trinajstić information content (AvgIpc) is 2.18. The second-order valence-corrected chi connectivity index (χ2v) is 5.27. The molecule has 2 rings (SSSR count). The third kappa shape index (κ3) is 3.15. The molecule has 1 aliphatic heterocycles. The van der Waals surface area contributed by atoms with Crippen molar-refractivity contribution in [2.75, 3.05) is 13.2 Å². The van der Waals surface area contributed by atoms with Crippen molar-refractivity contribution in [1.82, 2.24) is 0 Å². The summed E-state index contributed by atoms with van der Waals surface area (Å²) in [6.07, 6.45) is 6.02. The van der Waals surface area contributed by atoms with Crippen molar-refractivity contribution in [3.05, 3.63) is 0 Å². The highest BCUT2D eigenvalue weighted by Gasteiger charge is 2.37. The zero-order valence-corrected chi connectivity index (χ0v) is 9.38. The van der Waals surface area contributed by atoms with Crippen LogP contribution in [-0.2, 0) is 4.74 Å². The molecular formula is C12H22FNO. The van der Waals surface area contributed by atoms with Crippen molar-refractivity contribution in [2.24, 2.45) is 11.7 Å². The third-order valence-corrected chi connectivity index (χ3v) is 3.82. The van der Waals surface area contributed by atoms with Gasteiger partial charge in [0.15, 0.2) is 0 Å². The zero-order chi connectivity index (χ0) is 10.7. The van der Waals surface area contributed by atoms with E-state index < -0.39 is 5.67 Å². The number of alkyl halides is 1. The van der Waals surface area contributed by atoms with Crippen LogP contribution in [0.2, 0.25) is 0 Å². The number of hydrogen-bond acceptors (Lipinski definition) is 2. The third-order valence-electron chi connectivity index (χ3n) is 3.82. The van der Waals surface area contributed by atoms with Crippen molar-refractivity contribution < 1.29 is 9.13 Å². The molecule has 2 unspecified atom stereocenters. The van der Waals surface area contributed by atoms with Crippen LogP contribution in [0.5, 0.6) is 0 Å². The maximum absolute atomic E-state index is 14.5. The van der Waals surface area contributed by atoms with Crippen LogP contribution < -0.4 is 5.73 Å². The number of rotatable bonds is 2. The zero-order valence-electron chi connectivity index (χ0n) is 9.38. The van der Waals surface area contributed by atoms with Crippen molar-refractivity contribution in [1.29, 1.82) is 0 Å². The van der Waals surface area contributed by atoms with Gasteiger partial charge in [-0.3, -0.25) is 0 Å². The fourth-order valence-electron chi connectivity index (χ4n) is 3.01. The molecule has 0 spiro atoms. The fourth-order valence-corrected chi connectivity index (χ4v) is 3.01. The lowest BCUT2D eigenvalue weighted by Gasteiger charge is -2.36. The van der Waals surface area contributed by atoms with Gasteiger partial charge >= 0.3 is 0 Å². The van der Waals surface area contributed by atoms with Gasteiger partial charge < -0.3 is 10.5 Å². The smallest absolute Gasteiger partial charge is 0.112 e. The first-order valence-corrected chi connectivity index (χ1v) is 6.20. The van der Waals surface area contributed by atoms with Crippen LogP contribution in [0.25, 0.3) is 0 Å². The van der Waals surface area contributed by atoms with Gasteiger partial charge in [0.1, 0.15) is 5.67 Å². The van der Waals surface area contributed by atoms with Crippen LogP contribution in [-0.4, -0.2) is 24.9 Å². The Morgan fingerprint density at radius 1 is 1.27 bits per heavy atom. The second-order valence-electron chi connectivity index (χ2n) is 5.27. The molecule has 2 atom stereocenters. The molecular weight excluding hydrogens is 193 g/mol.